The first-order valence-electron chi connectivity index (χ1n) is 8.82. The Morgan fingerprint density at radius 2 is 1.85 bits per heavy atom. The quantitative estimate of drug-likeness (QED) is 0.369. The lowest BCUT2D eigenvalue weighted by molar-refractivity contribution is -0.118. The van der Waals surface area contributed by atoms with Crippen molar-refractivity contribution in [3.63, 3.8) is 0 Å². The average molecular weight is 433 g/mol. The van der Waals surface area contributed by atoms with Gasteiger partial charge in [0.05, 0.1) is 6.21 Å². The fraction of sp³-hybridized carbons (Fsp3) is 0.333. The van der Waals surface area contributed by atoms with Crippen LogP contribution in [0.25, 0.3) is 0 Å². The first-order chi connectivity index (χ1) is 12.9. The molecule has 0 aliphatic carbocycles. The third-order valence-electron chi connectivity index (χ3n) is 3.79. The van der Waals surface area contributed by atoms with Crippen molar-refractivity contribution in [3.8, 4) is 11.5 Å². The van der Waals surface area contributed by atoms with Crippen LogP contribution in [-0.2, 0) is 4.79 Å². The molecular formula is C21H25BrN2O3. The Kier molecular flexibility index (Phi) is 7.85. The van der Waals surface area contributed by atoms with Crippen LogP contribution in [0.3, 0.4) is 0 Å². The number of hydrogen-bond acceptors (Lipinski definition) is 4. The third kappa shape index (κ3) is 6.71. The Morgan fingerprint density at radius 1 is 1.15 bits per heavy atom. The molecule has 0 heterocycles. The lowest BCUT2D eigenvalue weighted by Crippen LogP contribution is -2.13. The summed E-state index contributed by atoms with van der Waals surface area (Å²) < 4.78 is 12.7. The molecule has 0 unspecified atom stereocenters. The van der Waals surface area contributed by atoms with Gasteiger partial charge in [-0.2, -0.15) is 5.10 Å². The summed E-state index contributed by atoms with van der Waals surface area (Å²) in [6, 6.07) is 11.9. The van der Waals surface area contributed by atoms with Crippen LogP contribution in [0.1, 0.15) is 43.4 Å². The highest BCUT2D eigenvalue weighted by Gasteiger charge is 2.09. The minimum Gasteiger partial charge on any atom is -0.490 e. The van der Waals surface area contributed by atoms with Crippen molar-refractivity contribution in [2.24, 2.45) is 5.10 Å². The predicted molar refractivity (Wildman–Crippen MR) is 112 cm³/mol. The number of benzene rings is 2. The molecule has 0 bridgehead atoms. The molecule has 1 amide bonds. The number of nitrogens with one attached hydrogen (secondary N) is 1. The van der Waals surface area contributed by atoms with Gasteiger partial charge in [0.2, 0.25) is 5.91 Å². The van der Waals surface area contributed by atoms with Crippen molar-refractivity contribution in [2.45, 2.75) is 33.6 Å². The smallest absolute Gasteiger partial charge is 0.236 e. The number of carbonyl (C=O) groups is 1. The van der Waals surface area contributed by atoms with Crippen LogP contribution in [0, 0.1) is 6.92 Å². The van der Waals surface area contributed by atoms with Gasteiger partial charge in [-0.05, 0) is 48.2 Å². The summed E-state index contributed by atoms with van der Waals surface area (Å²) in [5, 5.41) is 3.90. The molecule has 0 aliphatic heterocycles. The summed E-state index contributed by atoms with van der Waals surface area (Å²) in [6.07, 6.45) is 1.56. The molecule has 0 spiro atoms. The van der Waals surface area contributed by atoms with E-state index in [2.05, 4.69) is 65.4 Å². The molecular weight excluding hydrogens is 408 g/mol. The van der Waals surface area contributed by atoms with Gasteiger partial charge in [0, 0.05) is 17.0 Å². The van der Waals surface area contributed by atoms with E-state index in [1.54, 1.807) is 6.21 Å². The van der Waals surface area contributed by atoms with Crippen LogP contribution in [0.4, 0.5) is 0 Å². The molecule has 144 valence electrons. The van der Waals surface area contributed by atoms with E-state index in [1.807, 2.05) is 18.2 Å². The van der Waals surface area contributed by atoms with Gasteiger partial charge in [-0.25, -0.2) is 5.43 Å². The van der Waals surface area contributed by atoms with Crippen LogP contribution in [0.2, 0.25) is 0 Å². The fourth-order valence-corrected chi connectivity index (χ4v) is 2.87. The van der Waals surface area contributed by atoms with Crippen LogP contribution in [0.15, 0.2) is 46.0 Å². The van der Waals surface area contributed by atoms with Crippen LogP contribution in [0.5, 0.6) is 11.5 Å². The van der Waals surface area contributed by atoms with E-state index in [-0.39, 0.29) is 5.91 Å². The molecule has 2 aromatic carbocycles. The van der Waals surface area contributed by atoms with Gasteiger partial charge in [0.25, 0.3) is 0 Å². The largest absolute Gasteiger partial charge is 0.490 e. The summed E-state index contributed by atoms with van der Waals surface area (Å²) >= 11 is 3.43. The summed E-state index contributed by atoms with van der Waals surface area (Å²) in [5.74, 6) is 1.74. The second-order valence-electron chi connectivity index (χ2n) is 6.50. The summed E-state index contributed by atoms with van der Waals surface area (Å²) in [6.45, 7) is 8.59. The molecule has 0 saturated carbocycles. The van der Waals surface area contributed by atoms with E-state index in [4.69, 9.17) is 9.47 Å². The highest BCUT2D eigenvalue weighted by Crippen LogP contribution is 2.27. The van der Waals surface area contributed by atoms with Gasteiger partial charge in [-0.1, -0.05) is 41.9 Å². The fourth-order valence-electron chi connectivity index (χ4n) is 2.49. The molecule has 0 atom stereocenters. The Balaban J connectivity index is 1.99. The predicted octanol–water partition coefficient (Wildman–Crippen LogP) is 4.81. The van der Waals surface area contributed by atoms with Crippen LogP contribution >= 0.6 is 15.9 Å². The Hall–Kier alpha value is -2.34. The van der Waals surface area contributed by atoms with Gasteiger partial charge in [-0.3, -0.25) is 4.79 Å². The normalized spacial score (nSPS) is 11.0. The van der Waals surface area contributed by atoms with E-state index in [0.29, 0.717) is 24.9 Å². The van der Waals surface area contributed by atoms with Gasteiger partial charge >= 0.3 is 0 Å². The third-order valence-corrected chi connectivity index (χ3v) is 4.28. The Morgan fingerprint density at radius 3 is 2.52 bits per heavy atom. The number of hydrogen-bond donors (Lipinski definition) is 1. The molecule has 5 nitrogen and oxygen atoms in total. The lowest BCUT2D eigenvalue weighted by atomic mass is 10.0. The summed E-state index contributed by atoms with van der Waals surface area (Å²) in [5.41, 5.74) is 5.50. The zero-order valence-electron chi connectivity index (χ0n) is 16.1. The Bertz CT molecular complexity index is 819. The monoisotopic (exact) mass is 432 g/mol. The average Bonchev–Trinajstić information content (AvgIpc) is 2.59. The number of nitrogens with zero attached hydrogens (tertiary/aromatic N) is 1. The topological polar surface area (TPSA) is 59.9 Å². The molecule has 2 rings (SSSR count). The minimum absolute atomic E-state index is 0.226. The van der Waals surface area contributed by atoms with Crippen molar-refractivity contribution in [3.05, 3.63) is 57.6 Å². The number of hydrazone groups is 1. The SMILES string of the molecule is CC(=O)N/N=C\c1cc(Br)ccc1OCCOc1cc(C)ccc1C(C)C. The maximum absolute atomic E-state index is 10.9. The van der Waals surface area contributed by atoms with Crippen molar-refractivity contribution in [1.82, 2.24) is 5.43 Å². The van der Waals surface area contributed by atoms with Crippen molar-refractivity contribution < 1.29 is 14.3 Å². The summed E-state index contributed by atoms with van der Waals surface area (Å²) in [4.78, 5) is 10.9. The maximum atomic E-state index is 10.9. The van der Waals surface area contributed by atoms with Crippen molar-refractivity contribution in [1.29, 1.82) is 0 Å². The molecule has 1 N–H and O–H groups in total. The number of aryl methyl sites for hydroxylation is 1. The van der Waals surface area contributed by atoms with Gasteiger partial charge < -0.3 is 9.47 Å². The van der Waals surface area contributed by atoms with Crippen molar-refractivity contribution >= 4 is 28.1 Å². The minimum atomic E-state index is -0.226. The van der Waals surface area contributed by atoms with Gasteiger partial charge in [-0.15, -0.1) is 0 Å². The van der Waals surface area contributed by atoms with Crippen LogP contribution in [-0.4, -0.2) is 25.3 Å². The molecule has 6 heteroatoms. The van der Waals surface area contributed by atoms with Crippen LogP contribution < -0.4 is 14.9 Å². The second-order valence-corrected chi connectivity index (χ2v) is 7.42. The number of rotatable bonds is 8. The first kappa shape index (κ1) is 21.0. The number of ether oxygens (including phenoxy) is 2. The van der Waals surface area contributed by atoms with E-state index in [0.717, 1.165) is 15.8 Å². The van der Waals surface area contributed by atoms with E-state index < -0.39 is 0 Å². The molecule has 0 radical (unpaired) electrons. The number of amides is 1. The molecule has 27 heavy (non-hydrogen) atoms. The lowest BCUT2D eigenvalue weighted by Gasteiger charge is -2.15. The van der Waals surface area contributed by atoms with E-state index >= 15 is 0 Å². The zero-order chi connectivity index (χ0) is 19.8. The standard InChI is InChI=1S/C21H25BrN2O3/c1-14(2)19-7-5-15(3)11-21(19)27-10-9-26-20-8-6-18(22)12-17(20)13-23-24-16(4)25/h5-8,11-14H,9-10H2,1-4H3,(H,24,25)/b23-13-. The zero-order valence-corrected chi connectivity index (χ0v) is 17.7. The molecule has 0 aliphatic rings. The molecule has 0 saturated heterocycles. The maximum Gasteiger partial charge on any atom is 0.236 e. The molecule has 0 fully saturated rings. The Labute approximate surface area is 168 Å². The number of halogens is 1. The highest BCUT2D eigenvalue weighted by atomic mass is 79.9. The van der Waals surface area contributed by atoms with E-state index in [9.17, 15) is 4.79 Å². The molecule has 2 aromatic rings. The highest BCUT2D eigenvalue weighted by molar-refractivity contribution is 9.10. The van der Waals surface area contributed by atoms with Gasteiger partial charge in [0.15, 0.2) is 0 Å². The number of carbonyl (C=O) groups excluding carboxylic acids is 1. The van der Waals surface area contributed by atoms with Gasteiger partial charge in [0.1, 0.15) is 24.7 Å². The molecule has 0 aromatic heterocycles. The van der Waals surface area contributed by atoms with E-state index in [1.165, 1.54) is 18.1 Å². The van der Waals surface area contributed by atoms with Crippen molar-refractivity contribution in [2.75, 3.05) is 13.2 Å². The summed E-state index contributed by atoms with van der Waals surface area (Å²) in [7, 11) is 0. The second kappa shape index (κ2) is 10.1. The first-order valence-corrected chi connectivity index (χ1v) is 9.61.